The predicted octanol–water partition coefficient (Wildman–Crippen LogP) is 2.72. The van der Waals surface area contributed by atoms with Crippen molar-refractivity contribution >= 4 is 5.97 Å². The van der Waals surface area contributed by atoms with Gasteiger partial charge in [-0.1, -0.05) is 6.07 Å². The van der Waals surface area contributed by atoms with Gasteiger partial charge in [-0.2, -0.15) is 0 Å². The van der Waals surface area contributed by atoms with E-state index in [0.29, 0.717) is 12.2 Å². The van der Waals surface area contributed by atoms with Crippen molar-refractivity contribution < 1.29 is 18.7 Å². The number of benzene rings is 1. The molecule has 1 rings (SSSR count). The Labute approximate surface area is 101 Å². The fourth-order valence-electron chi connectivity index (χ4n) is 1.22. The number of halogens is 1. The zero-order valence-electron chi connectivity index (χ0n) is 10.3. The highest BCUT2D eigenvalue weighted by atomic mass is 19.1. The van der Waals surface area contributed by atoms with E-state index in [-0.39, 0.29) is 18.3 Å². The van der Waals surface area contributed by atoms with Crippen molar-refractivity contribution in [2.24, 2.45) is 0 Å². The molecule has 3 nitrogen and oxygen atoms in total. The molecule has 94 valence electrons. The third-order valence-electron chi connectivity index (χ3n) is 2.18. The summed E-state index contributed by atoms with van der Waals surface area (Å²) in [5.74, 6) is -0.936. The number of rotatable bonds is 5. The Morgan fingerprint density at radius 2 is 2.06 bits per heavy atom. The topological polar surface area (TPSA) is 35.5 Å². The van der Waals surface area contributed by atoms with Crippen LogP contribution in [0.1, 0.15) is 29.8 Å². The van der Waals surface area contributed by atoms with E-state index in [0.717, 1.165) is 0 Å². The first-order valence-electron chi connectivity index (χ1n) is 5.55. The molecule has 0 aromatic heterocycles. The minimum Gasteiger partial charge on any atom is -0.460 e. The standard InChI is InChI=1S/C13H17FO3/c1-9(2)16-6-7-17-13(15)11-5-4-10(3)12(14)8-11/h4-5,8-9H,6-7H2,1-3H3. The first-order valence-corrected chi connectivity index (χ1v) is 5.55. The van der Waals surface area contributed by atoms with E-state index < -0.39 is 11.8 Å². The lowest BCUT2D eigenvalue weighted by Gasteiger charge is -2.08. The summed E-state index contributed by atoms with van der Waals surface area (Å²) in [4.78, 5) is 11.5. The van der Waals surface area contributed by atoms with Gasteiger partial charge in [0.25, 0.3) is 0 Å². The van der Waals surface area contributed by atoms with E-state index in [1.54, 1.807) is 19.1 Å². The quantitative estimate of drug-likeness (QED) is 0.586. The molecule has 0 bridgehead atoms. The molecule has 4 heteroatoms. The minimum atomic E-state index is -0.531. The van der Waals surface area contributed by atoms with Crippen LogP contribution in [0.3, 0.4) is 0 Å². The van der Waals surface area contributed by atoms with Gasteiger partial charge in [0.1, 0.15) is 12.4 Å². The Hall–Kier alpha value is -1.42. The molecule has 17 heavy (non-hydrogen) atoms. The number of ether oxygens (including phenoxy) is 2. The molecule has 0 heterocycles. The highest BCUT2D eigenvalue weighted by Crippen LogP contribution is 2.10. The number of hydrogen-bond donors (Lipinski definition) is 0. The van der Waals surface area contributed by atoms with Gasteiger partial charge >= 0.3 is 5.97 Å². The van der Waals surface area contributed by atoms with Gasteiger partial charge < -0.3 is 9.47 Å². The summed E-state index contributed by atoms with van der Waals surface area (Å²) in [5, 5.41) is 0. The molecule has 0 atom stereocenters. The highest BCUT2D eigenvalue weighted by molar-refractivity contribution is 5.89. The first-order chi connectivity index (χ1) is 8.00. The maximum Gasteiger partial charge on any atom is 0.338 e. The van der Waals surface area contributed by atoms with Crippen LogP contribution < -0.4 is 0 Å². The van der Waals surface area contributed by atoms with Crippen molar-refractivity contribution in [2.75, 3.05) is 13.2 Å². The molecule has 1 aromatic rings. The van der Waals surface area contributed by atoms with Crippen LogP contribution in [0.25, 0.3) is 0 Å². The number of carbonyl (C=O) groups is 1. The van der Waals surface area contributed by atoms with Crippen molar-refractivity contribution in [1.29, 1.82) is 0 Å². The average Bonchev–Trinajstić information content (AvgIpc) is 2.27. The fourth-order valence-corrected chi connectivity index (χ4v) is 1.22. The molecular weight excluding hydrogens is 223 g/mol. The second-order valence-electron chi connectivity index (χ2n) is 4.02. The highest BCUT2D eigenvalue weighted by Gasteiger charge is 2.09. The van der Waals surface area contributed by atoms with Crippen LogP contribution in [-0.4, -0.2) is 25.3 Å². The summed E-state index contributed by atoms with van der Waals surface area (Å²) in [6.07, 6.45) is 0.102. The predicted molar refractivity (Wildman–Crippen MR) is 62.5 cm³/mol. The van der Waals surface area contributed by atoms with Crippen LogP contribution in [0, 0.1) is 12.7 Å². The molecule has 0 spiro atoms. The maximum atomic E-state index is 13.2. The lowest BCUT2D eigenvalue weighted by atomic mass is 10.1. The van der Waals surface area contributed by atoms with Crippen molar-refractivity contribution in [1.82, 2.24) is 0 Å². The van der Waals surface area contributed by atoms with E-state index >= 15 is 0 Å². The summed E-state index contributed by atoms with van der Waals surface area (Å²) < 4.78 is 23.4. The molecule has 0 aliphatic rings. The van der Waals surface area contributed by atoms with Crippen LogP contribution in [0.15, 0.2) is 18.2 Å². The van der Waals surface area contributed by atoms with Gasteiger partial charge in [-0.25, -0.2) is 9.18 Å². The average molecular weight is 240 g/mol. The Bertz CT molecular complexity index is 388. The Morgan fingerprint density at radius 3 is 2.65 bits per heavy atom. The largest absolute Gasteiger partial charge is 0.460 e. The molecule has 0 amide bonds. The normalized spacial score (nSPS) is 10.6. The van der Waals surface area contributed by atoms with Gasteiger partial charge in [-0.15, -0.1) is 0 Å². The van der Waals surface area contributed by atoms with Gasteiger partial charge in [0, 0.05) is 0 Å². The molecule has 0 aliphatic carbocycles. The zero-order valence-corrected chi connectivity index (χ0v) is 10.3. The minimum absolute atomic E-state index is 0.102. The zero-order chi connectivity index (χ0) is 12.8. The van der Waals surface area contributed by atoms with Crippen LogP contribution >= 0.6 is 0 Å². The monoisotopic (exact) mass is 240 g/mol. The van der Waals surface area contributed by atoms with Crippen molar-refractivity contribution in [3.63, 3.8) is 0 Å². The maximum absolute atomic E-state index is 13.2. The fraction of sp³-hybridized carbons (Fsp3) is 0.462. The Balaban J connectivity index is 2.44. The second kappa shape index (κ2) is 6.35. The molecule has 0 fully saturated rings. The molecule has 1 aromatic carbocycles. The van der Waals surface area contributed by atoms with Crippen molar-refractivity contribution in [3.05, 3.63) is 35.1 Å². The Kier molecular flexibility index (Phi) is 5.10. The number of esters is 1. The second-order valence-corrected chi connectivity index (χ2v) is 4.02. The van der Waals surface area contributed by atoms with Crippen LogP contribution in [0.5, 0.6) is 0 Å². The van der Waals surface area contributed by atoms with E-state index in [9.17, 15) is 9.18 Å². The molecule has 0 saturated carbocycles. The SMILES string of the molecule is Cc1ccc(C(=O)OCCOC(C)C)cc1F. The summed E-state index contributed by atoms with van der Waals surface area (Å²) >= 11 is 0. The van der Waals surface area contributed by atoms with Crippen LogP contribution in [-0.2, 0) is 9.47 Å². The van der Waals surface area contributed by atoms with Gasteiger partial charge in [0.2, 0.25) is 0 Å². The first kappa shape index (κ1) is 13.6. The van der Waals surface area contributed by atoms with E-state index in [2.05, 4.69) is 0 Å². The smallest absolute Gasteiger partial charge is 0.338 e. The molecule has 0 radical (unpaired) electrons. The molecule has 0 saturated heterocycles. The van der Waals surface area contributed by atoms with Gasteiger partial charge in [-0.3, -0.25) is 0 Å². The summed E-state index contributed by atoms with van der Waals surface area (Å²) in [5.41, 5.74) is 0.724. The lowest BCUT2D eigenvalue weighted by molar-refractivity contribution is 0.0176. The van der Waals surface area contributed by atoms with Gasteiger partial charge in [-0.05, 0) is 38.5 Å². The van der Waals surface area contributed by atoms with Crippen molar-refractivity contribution in [3.8, 4) is 0 Å². The van der Waals surface area contributed by atoms with E-state index in [1.165, 1.54) is 6.07 Å². The Morgan fingerprint density at radius 1 is 1.35 bits per heavy atom. The van der Waals surface area contributed by atoms with E-state index in [1.807, 2.05) is 13.8 Å². The number of hydrogen-bond acceptors (Lipinski definition) is 3. The van der Waals surface area contributed by atoms with Gasteiger partial charge in [0.05, 0.1) is 18.3 Å². The summed E-state index contributed by atoms with van der Waals surface area (Å²) in [7, 11) is 0. The van der Waals surface area contributed by atoms with Crippen LogP contribution in [0.2, 0.25) is 0 Å². The summed E-state index contributed by atoms with van der Waals surface area (Å²) in [6, 6.07) is 4.28. The van der Waals surface area contributed by atoms with Gasteiger partial charge in [0.15, 0.2) is 0 Å². The van der Waals surface area contributed by atoms with Crippen LogP contribution in [0.4, 0.5) is 4.39 Å². The summed E-state index contributed by atoms with van der Waals surface area (Å²) in [6.45, 7) is 5.96. The molecular formula is C13H17FO3. The molecule has 0 aliphatic heterocycles. The lowest BCUT2D eigenvalue weighted by Crippen LogP contribution is -2.13. The third-order valence-corrected chi connectivity index (χ3v) is 2.18. The molecule has 0 N–H and O–H groups in total. The third kappa shape index (κ3) is 4.53. The molecule has 0 unspecified atom stereocenters. The van der Waals surface area contributed by atoms with E-state index in [4.69, 9.17) is 9.47 Å². The number of carbonyl (C=O) groups excluding carboxylic acids is 1. The van der Waals surface area contributed by atoms with Crippen molar-refractivity contribution in [2.45, 2.75) is 26.9 Å². The number of aryl methyl sites for hydroxylation is 1.